The van der Waals surface area contributed by atoms with Crippen LogP contribution in [0.1, 0.15) is 42.0 Å². The van der Waals surface area contributed by atoms with Crippen LogP contribution in [0.25, 0.3) is 0 Å². The van der Waals surface area contributed by atoms with Gasteiger partial charge in [0.15, 0.2) is 5.82 Å². The van der Waals surface area contributed by atoms with Crippen molar-refractivity contribution in [3.63, 3.8) is 0 Å². The highest BCUT2D eigenvalue weighted by atomic mass is 16.5. The Balaban J connectivity index is 1.76. The van der Waals surface area contributed by atoms with Crippen molar-refractivity contribution >= 4 is 0 Å². The maximum Gasteiger partial charge on any atom is 0.244 e. The zero-order valence-electron chi connectivity index (χ0n) is 13.5. The second-order valence-electron chi connectivity index (χ2n) is 5.91. The fourth-order valence-corrected chi connectivity index (χ4v) is 2.88. The molecule has 1 aliphatic rings. The van der Waals surface area contributed by atoms with E-state index in [4.69, 9.17) is 9.26 Å². The van der Waals surface area contributed by atoms with E-state index >= 15 is 0 Å². The topological polar surface area (TPSA) is 93.3 Å². The van der Waals surface area contributed by atoms with E-state index in [2.05, 4.69) is 20.4 Å². The lowest BCUT2D eigenvalue weighted by molar-refractivity contribution is 0.0484. The van der Waals surface area contributed by atoms with Gasteiger partial charge in [0.1, 0.15) is 5.75 Å². The fraction of sp³-hybridized carbons (Fsp3) is 0.562. The normalized spacial score (nSPS) is 17.3. The summed E-state index contributed by atoms with van der Waals surface area (Å²) in [5.41, 5.74) is 1.49. The number of aryl methyl sites for hydroxylation is 2. The van der Waals surface area contributed by atoms with Crippen molar-refractivity contribution in [3.05, 3.63) is 35.2 Å². The molecule has 3 rings (SSSR count). The Kier molecular flexibility index (Phi) is 4.88. The zero-order valence-corrected chi connectivity index (χ0v) is 13.5. The first-order chi connectivity index (χ1) is 11.1. The summed E-state index contributed by atoms with van der Waals surface area (Å²) in [6, 6.07) is 3.39. The first-order valence-electron chi connectivity index (χ1n) is 7.90. The van der Waals surface area contributed by atoms with Crippen molar-refractivity contribution in [2.75, 3.05) is 13.2 Å². The number of hydrogen-bond donors (Lipinski definition) is 2. The number of aromatic hydroxyl groups is 1. The third kappa shape index (κ3) is 3.86. The molecule has 0 radical (unpaired) electrons. The molecule has 0 unspecified atom stereocenters. The van der Waals surface area contributed by atoms with Gasteiger partial charge in [-0.3, -0.25) is 10.3 Å². The van der Waals surface area contributed by atoms with Crippen LogP contribution in [0.3, 0.4) is 0 Å². The average molecular weight is 318 g/mol. The molecular weight excluding hydrogens is 296 g/mol. The van der Waals surface area contributed by atoms with Gasteiger partial charge in [0.25, 0.3) is 0 Å². The van der Waals surface area contributed by atoms with Crippen LogP contribution in [0.5, 0.6) is 5.75 Å². The molecule has 0 saturated carbocycles. The Morgan fingerprint density at radius 1 is 1.26 bits per heavy atom. The first kappa shape index (κ1) is 15.9. The van der Waals surface area contributed by atoms with Crippen LogP contribution in [0, 0.1) is 19.8 Å². The van der Waals surface area contributed by atoms with Crippen molar-refractivity contribution in [3.8, 4) is 5.75 Å². The monoisotopic (exact) mass is 318 g/mol. The predicted octanol–water partition coefficient (Wildman–Crippen LogP) is 2.04. The van der Waals surface area contributed by atoms with Crippen LogP contribution in [-0.2, 0) is 11.3 Å². The highest BCUT2D eigenvalue weighted by molar-refractivity contribution is 5.27. The van der Waals surface area contributed by atoms with Crippen LogP contribution in [0.4, 0.5) is 0 Å². The second-order valence-corrected chi connectivity index (χ2v) is 5.91. The van der Waals surface area contributed by atoms with Crippen molar-refractivity contribution in [2.24, 2.45) is 5.92 Å². The molecule has 0 aromatic carbocycles. The molecule has 23 heavy (non-hydrogen) atoms. The third-order valence-corrected chi connectivity index (χ3v) is 4.13. The Hall–Kier alpha value is -1.99. The quantitative estimate of drug-likeness (QED) is 0.871. The van der Waals surface area contributed by atoms with Gasteiger partial charge in [-0.25, -0.2) is 0 Å². The largest absolute Gasteiger partial charge is 0.506 e. The van der Waals surface area contributed by atoms with Crippen molar-refractivity contribution < 1.29 is 14.4 Å². The van der Waals surface area contributed by atoms with Gasteiger partial charge < -0.3 is 14.4 Å². The lowest BCUT2D eigenvalue weighted by atomic mass is 9.91. The molecule has 1 aliphatic heterocycles. The standard InChI is InChI=1S/C16H22N4O3/c1-10-3-4-14(21)13(18-10)9-17-15(12-5-7-22-8-6-12)16-19-11(2)20-23-16/h3-4,12,15,17,21H,5-9H2,1-2H3/t15-/m0/s1. The minimum atomic E-state index is -0.0678. The summed E-state index contributed by atoms with van der Waals surface area (Å²) in [6.07, 6.45) is 1.87. The maximum atomic E-state index is 9.96. The van der Waals surface area contributed by atoms with E-state index in [0.29, 0.717) is 29.9 Å². The third-order valence-electron chi connectivity index (χ3n) is 4.13. The lowest BCUT2D eigenvalue weighted by Gasteiger charge is -2.28. The smallest absolute Gasteiger partial charge is 0.244 e. The fourth-order valence-electron chi connectivity index (χ4n) is 2.88. The van der Waals surface area contributed by atoms with Crippen molar-refractivity contribution in [1.82, 2.24) is 20.4 Å². The maximum absolute atomic E-state index is 9.96. The Morgan fingerprint density at radius 3 is 2.74 bits per heavy atom. The number of rotatable bonds is 5. The molecule has 0 spiro atoms. The molecule has 2 aromatic rings. The van der Waals surface area contributed by atoms with Crippen LogP contribution in [-0.4, -0.2) is 33.4 Å². The van der Waals surface area contributed by atoms with Crippen LogP contribution < -0.4 is 5.32 Å². The average Bonchev–Trinajstić information content (AvgIpc) is 2.98. The molecule has 3 heterocycles. The number of nitrogens with zero attached hydrogens (tertiary/aromatic N) is 3. The number of hydrogen-bond acceptors (Lipinski definition) is 7. The van der Waals surface area contributed by atoms with E-state index in [1.54, 1.807) is 12.1 Å². The summed E-state index contributed by atoms with van der Waals surface area (Å²) in [6.45, 7) is 5.63. The SMILES string of the molecule is Cc1ccc(O)c(CN[C@H](c2nc(C)no2)C2CCOCC2)n1. The van der Waals surface area contributed by atoms with E-state index in [1.807, 2.05) is 13.8 Å². The van der Waals surface area contributed by atoms with Crippen LogP contribution >= 0.6 is 0 Å². The summed E-state index contributed by atoms with van der Waals surface area (Å²) >= 11 is 0. The summed E-state index contributed by atoms with van der Waals surface area (Å²) < 4.78 is 10.8. The van der Waals surface area contributed by atoms with Gasteiger partial charge in [-0.15, -0.1) is 0 Å². The van der Waals surface area contributed by atoms with E-state index < -0.39 is 0 Å². The van der Waals surface area contributed by atoms with Gasteiger partial charge in [-0.05, 0) is 44.7 Å². The highest BCUT2D eigenvalue weighted by Crippen LogP contribution is 2.30. The number of pyridine rings is 1. The molecule has 2 N–H and O–H groups in total. The molecule has 1 fully saturated rings. The van der Waals surface area contributed by atoms with E-state index in [1.165, 1.54) is 0 Å². The highest BCUT2D eigenvalue weighted by Gasteiger charge is 2.29. The van der Waals surface area contributed by atoms with Crippen molar-refractivity contribution in [2.45, 2.75) is 39.3 Å². The molecule has 0 amide bonds. The van der Waals surface area contributed by atoms with Gasteiger partial charge >= 0.3 is 0 Å². The summed E-state index contributed by atoms with van der Waals surface area (Å²) in [7, 11) is 0. The second kappa shape index (κ2) is 7.06. The van der Waals surface area contributed by atoms with Crippen LogP contribution in [0.15, 0.2) is 16.7 Å². The molecule has 0 bridgehead atoms. The molecule has 124 valence electrons. The molecule has 1 saturated heterocycles. The lowest BCUT2D eigenvalue weighted by Crippen LogP contribution is -2.32. The summed E-state index contributed by atoms with van der Waals surface area (Å²) in [5.74, 6) is 1.75. The molecular formula is C16H22N4O3. The number of nitrogens with one attached hydrogen (secondary N) is 1. The summed E-state index contributed by atoms with van der Waals surface area (Å²) in [4.78, 5) is 8.76. The van der Waals surface area contributed by atoms with Gasteiger partial charge in [-0.2, -0.15) is 4.98 Å². The van der Waals surface area contributed by atoms with E-state index in [0.717, 1.165) is 31.7 Å². The minimum Gasteiger partial charge on any atom is -0.506 e. The molecule has 1 atom stereocenters. The van der Waals surface area contributed by atoms with Gasteiger partial charge in [0, 0.05) is 25.5 Å². The van der Waals surface area contributed by atoms with Crippen molar-refractivity contribution in [1.29, 1.82) is 0 Å². The number of aromatic nitrogens is 3. The molecule has 2 aromatic heterocycles. The van der Waals surface area contributed by atoms with Gasteiger partial charge in [-0.1, -0.05) is 5.16 Å². The Labute approximate surface area is 135 Å². The molecule has 7 heteroatoms. The molecule has 7 nitrogen and oxygen atoms in total. The Morgan fingerprint density at radius 2 is 2.04 bits per heavy atom. The van der Waals surface area contributed by atoms with Gasteiger partial charge in [0.05, 0.1) is 11.7 Å². The van der Waals surface area contributed by atoms with E-state index in [9.17, 15) is 5.11 Å². The number of ether oxygens (including phenoxy) is 1. The minimum absolute atomic E-state index is 0.0678. The van der Waals surface area contributed by atoms with E-state index in [-0.39, 0.29) is 11.8 Å². The first-order valence-corrected chi connectivity index (χ1v) is 7.90. The zero-order chi connectivity index (χ0) is 16.2. The van der Waals surface area contributed by atoms with Gasteiger partial charge in [0.2, 0.25) is 5.89 Å². The molecule has 0 aliphatic carbocycles. The Bertz CT molecular complexity index is 653. The summed E-state index contributed by atoms with van der Waals surface area (Å²) in [5, 5.41) is 17.3. The predicted molar refractivity (Wildman–Crippen MR) is 82.8 cm³/mol. The van der Waals surface area contributed by atoms with Crippen LogP contribution in [0.2, 0.25) is 0 Å².